The quantitative estimate of drug-likeness (QED) is 0.626. The minimum atomic E-state index is 0.168. The van der Waals surface area contributed by atoms with E-state index in [1.807, 2.05) is 51.8 Å². The van der Waals surface area contributed by atoms with Gasteiger partial charge in [-0.25, -0.2) is 4.99 Å². The van der Waals surface area contributed by atoms with Gasteiger partial charge < -0.3 is 14.5 Å². The number of aliphatic imine (C=N–C) groups is 1. The second kappa shape index (κ2) is 7.17. The topological polar surface area (TPSA) is 28.1 Å². The van der Waals surface area contributed by atoms with Gasteiger partial charge in [0.05, 0.1) is 12.6 Å². The first kappa shape index (κ1) is 16.3. The van der Waals surface area contributed by atoms with Gasteiger partial charge >= 0.3 is 0 Å². The van der Waals surface area contributed by atoms with Gasteiger partial charge in [0.15, 0.2) is 5.96 Å². The Labute approximate surface area is 123 Å². The van der Waals surface area contributed by atoms with Crippen molar-refractivity contribution in [3.05, 3.63) is 29.3 Å². The number of guanidine groups is 1. The molecule has 0 fully saturated rings. The second-order valence-corrected chi connectivity index (χ2v) is 5.68. The number of rotatable bonds is 4. The molecule has 0 radical (unpaired) electrons. The molecule has 1 aromatic rings. The van der Waals surface area contributed by atoms with Crippen molar-refractivity contribution in [3.8, 4) is 5.75 Å². The van der Waals surface area contributed by atoms with E-state index in [9.17, 15) is 0 Å². The van der Waals surface area contributed by atoms with Crippen LogP contribution in [0.3, 0.4) is 0 Å². The van der Waals surface area contributed by atoms with Crippen LogP contribution in [0, 0.1) is 6.92 Å². The Hall–Kier alpha value is -1.71. The van der Waals surface area contributed by atoms with Crippen LogP contribution in [-0.4, -0.2) is 50.1 Å². The zero-order chi connectivity index (χ0) is 15.3. The highest BCUT2D eigenvalue weighted by molar-refractivity contribution is 5.79. The fraction of sp³-hybridized carbons (Fsp3) is 0.562. The summed E-state index contributed by atoms with van der Waals surface area (Å²) in [5.41, 5.74) is 2.32. The summed E-state index contributed by atoms with van der Waals surface area (Å²) in [6, 6.07) is 6.28. The molecule has 0 atom stereocenters. The highest BCUT2D eigenvalue weighted by Gasteiger charge is 2.08. The average molecular weight is 277 g/mol. The van der Waals surface area contributed by atoms with Gasteiger partial charge in [0.2, 0.25) is 0 Å². The van der Waals surface area contributed by atoms with Crippen LogP contribution < -0.4 is 4.74 Å². The summed E-state index contributed by atoms with van der Waals surface area (Å²) in [7, 11) is 8.00. The maximum atomic E-state index is 5.88. The Morgan fingerprint density at radius 3 is 2.25 bits per heavy atom. The molecule has 0 aromatic heterocycles. The molecular formula is C16H27N3O. The minimum Gasteiger partial charge on any atom is -0.491 e. The van der Waals surface area contributed by atoms with Crippen LogP contribution in [0.15, 0.2) is 23.2 Å². The van der Waals surface area contributed by atoms with E-state index in [0.29, 0.717) is 6.54 Å². The maximum absolute atomic E-state index is 5.88. The van der Waals surface area contributed by atoms with E-state index in [1.165, 1.54) is 5.56 Å². The molecule has 0 bridgehead atoms. The van der Waals surface area contributed by atoms with Crippen molar-refractivity contribution in [3.63, 3.8) is 0 Å². The van der Waals surface area contributed by atoms with Gasteiger partial charge in [-0.15, -0.1) is 0 Å². The first-order chi connectivity index (χ1) is 9.31. The fourth-order valence-electron chi connectivity index (χ4n) is 1.99. The SMILES string of the molecule is Cc1ccc(CN=C(N(C)C)N(C)C)c(OC(C)C)c1. The van der Waals surface area contributed by atoms with Gasteiger partial charge in [-0.2, -0.15) is 0 Å². The van der Waals surface area contributed by atoms with E-state index in [2.05, 4.69) is 30.1 Å². The number of hydrogen-bond donors (Lipinski definition) is 0. The number of benzene rings is 1. The zero-order valence-corrected chi connectivity index (χ0v) is 13.8. The Kier molecular flexibility index (Phi) is 5.86. The van der Waals surface area contributed by atoms with Crippen molar-refractivity contribution in [1.29, 1.82) is 0 Å². The van der Waals surface area contributed by atoms with Crippen molar-refractivity contribution in [2.45, 2.75) is 33.4 Å². The molecule has 20 heavy (non-hydrogen) atoms. The lowest BCUT2D eigenvalue weighted by Crippen LogP contribution is -2.35. The van der Waals surface area contributed by atoms with Crippen molar-refractivity contribution in [2.24, 2.45) is 4.99 Å². The number of nitrogens with zero attached hydrogens (tertiary/aromatic N) is 3. The van der Waals surface area contributed by atoms with E-state index in [-0.39, 0.29) is 6.10 Å². The molecule has 0 saturated carbocycles. The molecule has 4 nitrogen and oxygen atoms in total. The van der Waals surface area contributed by atoms with Gasteiger partial charge in [-0.05, 0) is 32.4 Å². The molecule has 4 heteroatoms. The lowest BCUT2D eigenvalue weighted by Gasteiger charge is -2.23. The Morgan fingerprint density at radius 1 is 1.15 bits per heavy atom. The third kappa shape index (κ3) is 4.76. The fourth-order valence-corrected chi connectivity index (χ4v) is 1.99. The van der Waals surface area contributed by atoms with Crippen LogP contribution in [-0.2, 0) is 6.54 Å². The molecule has 0 aliphatic carbocycles. The predicted molar refractivity (Wildman–Crippen MR) is 85.5 cm³/mol. The molecule has 0 amide bonds. The third-order valence-electron chi connectivity index (χ3n) is 2.78. The van der Waals surface area contributed by atoms with Crippen molar-refractivity contribution >= 4 is 5.96 Å². The van der Waals surface area contributed by atoms with Crippen molar-refractivity contribution in [2.75, 3.05) is 28.2 Å². The minimum absolute atomic E-state index is 0.168. The van der Waals surface area contributed by atoms with Crippen LogP contribution in [0.1, 0.15) is 25.0 Å². The Bertz CT molecular complexity index is 455. The van der Waals surface area contributed by atoms with Crippen molar-refractivity contribution in [1.82, 2.24) is 9.80 Å². The van der Waals surface area contributed by atoms with E-state index in [4.69, 9.17) is 4.74 Å². The zero-order valence-electron chi connectivity index (χ0n) is 13.8. The summed E-state index contributed by atoms with van der Waals surface area (Å²) in [4.78, 5) is 8.70. The normalized spacial score (nSPS) is 10.4. The molecule has 112 valence electrons. The summed E-state index contributed by atoms with van der Waals surface area (Å²) in [6.45, 7) is 6.78. The van der Waals surface area contributed by atoms with E-state index >= 15 is 0 Å². The van der Waals surface area contributed by atoms with E-state index < -0.39 is 0 Å². The molecule has 0 unspecified atom stereocenters. The smallest absolute Gasteiger partial charge is 0.195 e. The highest BCUT2D eigenvalue weighted by Crippen LogP contribution is 2.22. The molecule has 1 aromatic carbocycles. The maximum Gasteiger partial charge on any atom is 0.195 e. The molecule has 0 aliphatic heterocycles. The lowest BCUT2D eigenvalue weighted by molar-refractivity contribution is 0.240. The Morgan fingerprint density at radius 2 is 1.75 bits per heavy atom. The van der Waals surface area contributed by atoms with Crippen LogP contribution >= 0.6 is 0 Å². The summed E-state index contributed by atoms with van der Waals surface area (Å²) in [6.07, 6.45) is 0.168. The molecule has 0 N–H and O–H groups in total. The lowest BCUT2D eigenvalue weighted by atomic mass is 10.1. The first-order valence-corrected chi connectivity index (χ1v) is 6.96. The summed E-state index contributed by atoms with van der Waals surface area (Å²) < 4.78 is 5.88. The third-order valence-corrected chi connectivity index (χ3v) is 2.78. The molecular weight excluding hydrogens is 250 g/mol. The molecule has 1 rings (SSSR count). The van der Waals surface area contributed by atoms with Gasteiger partial charge in [0.25, 0.3) is 0 Å². The summed E-state index contributed by atoms with van der Waals surface area (Å²) in [5.74, 6) is 1.88. The van der Waals surface area contributed by atoms with Gasteiger partial charge in [-0.1, -0.05) is 12.1 Å². The molecule has 0 heterocycles. The first-order valence-electron chi connectivity index (χ1n) is 6.96. The van der Waals surface area contributed by atoms with E-state index in [0.717, 1.165) is 17.3 Å². The number of aryl methyl sites for hydroxylation is 1. The number of hydrogen-bond acceptors (Lipinski definition) is 2. The monoisotopic (exact) mass is 277 g/mol. The predicted octanol–water partition coefficient (Wildman–Crippen LogP) is 2.76. The second-order valence-electron chi connectivity index (χ2n) is 5.68. The summed E-state index contributed by atoms with van der Waals surface area (Å²) >= 11 is 0. The standard InChI is InChI=1S/C16H27N3O/c1-12(2)20-15-10-13(3)8-9-14(15)11-17-16(18(4)5)19(6)7/h8-10,12H,11H2,1-7H3. The number of ether oxygens (including phenoxy) is 1. The van der Waals surface area contributed by atoms with E-state index in [1.54, 1.807) is 0 Å². The molecule has 0 spiro atoms. The van der Waals surface area contributed by atoms with Crippen LogP contribution in [0.5, 0.6) is 5.75 Å². The summed E-state index contributed by atoms with van der Waals surface area (Å²) in [5, 5.41) is 0. The van der Waals surface area contributed by atoms with Crippen LogP contribution in [0.25, 0.3) is 0 Å². The van der Waals surface area contributed by atoms with Gasteiger partial charge in [0, 0.05) is 33.8 Å². The Balaban J connectivity index is 2.99. The molecule has 0 saturated heterocycles. The molecule has 0 aliphatic rings. The largest absolute Gasteiger partial charge is 0.491 e. The average Bonchev–Trinajstić information content (AvgIpc) is 2.30. The van der Waals surface area contributed by atoms with Gasteiger partial charge in [-0.3, -0.25) is 0 Å². The van der Waals surface area contributed by atoms with Crippen LogP contribution in [0.4, 0.5) is 0 Å². The van der Waals surface area contributed by atoms with Gasteiger partial charge in [0.1, 0.15) is 5.75 Å². The van der Waals surface area contributed by atoms with Crippen LogP contribution in [0.2, 0.25) is 0 Å². The highest BCUT2D eigenvalue weighted by atomic mass is 16.5. The van der Waals surface area contributed by atoms with Crippen molar-refractivity contribution < 1.29 is 4.74 Å².